The van der Waals surface area contributed by atoms with Crippen molar-refractivity contribution in [2.45, 2.75) is 45.1 Å². The zero-order chi connectivity index (χ0) is 13.8. The molecule has 4 heteroatoms. The number of halogens is 1. The summed E-state index contributed by atoms with van der Waals surface area (Å²) in [5, 5.41) is 9.25. The predicted octanol–water partition coefficient (Wildman–Crippen LogP) is 4.39. The van der Waals surface area contributed by atoms with Crippen molar-refractivity contribution < 1.29 is 14.6 Å². The van der Waals surface area contributed by atoms with E-state index in [-0.39, 0.29) is 11.7 Å². The van der Waals surface area contributed by atoms with Gasteiger partial charge in [-0.1, -0.05) is 24.9 Å². The molecule has 104 valence electrons. The summed E-state index contributed by atoms with van der Waals surface area (Å²) < 4.78 is 5.89. The quantitative estimate of drug-likeness (QED) is 0.891. The molecule has 1 saturated carbocycles. The van der Waals surface area contributed by atoms with Crippen molar-refractivity contribution in [3.05, 3.63) is 28.8 Å². The SMILES string of the molecule is CCC1CCC(Oc2ccc(C(=O)O)cc2Cl)CC1. The molecule has 0 amide bonds. The maximum atomic E-state index is 10.8. The van der Waals surface area contributed by atoms with Gasteiger partial charge in [-0.15, -0.1) is 0 Å². The number of ether oxygens (including phenoxy) is 1. The van der Waals surface area contributed by atoms with E-state index >= 15 is 0 Å². The van der Waals surface area contributed by atoms with E-state index in [2.05, 4.69) is 6.92 Å². The van der Waals surface area contributed by atoms with E-state index in [0.717, 1.165) is 18.8 Å². The van der Waals surface area contributed by atoms with Gasteiger partial charge in [0, 0.05) is 0 Å². The molecule has 1 fully saturated rings. The second-order valence-corrected chi connectivity index (χ2v) is 5.53. The lowest BCUT2D eigenvalue weighted by Gasteiger charge is -2.28. The molecule has 1 aliphatic carbocycles. The molecule has 2 rings (SSSR count). The minimum Gasteiger partial charge on any atom is -0.489 e. The van der Waals surface area contributed by atoms with Crippen molar-refractivity contribution >= 4 is 17.6 Å². The smallest absolute Gasteiger partial charge is 0.335 e. The van der Waals surface area contributed by atoms with Gasteiger partial charge in [-0.2, -0.15) is 0 Å². The molecule has 0 radical (unpaired) electrons. The molecule has 19 heavy (non-hydrogen) atoms. The van der Waals surface area contributed by atoms with Gasteiger partial charge in [0.2, 0.25) is 0 Å². The minimum atomic E-state index is -0.975. The highest BCUT2D eigenvalue weighted by molar-refractivity contribution is 6.32. The number of aromatic carboxylic acids is 1. The third kappa shape index (κ3) is 3.63. The lowest BCUT2D eigenvalue weighted by molar-refractivity contribution is 0.0697. The van der Waals surface area contributed by atoms with Crippen molar-refractivity contribution in [2.75, 3.05) is 0 Å². The molecule has 0 aromatic heterocycles. The molecule has 0 bridgehead atoms. The molecule has 1 aromatic carbocycles. The fraction of sp³-hybridized carbons (Fsp3) is 0.533. The number of carboxylic acid groups (broad SMARTS) is 1. The summed E-state index contributed by atoms with van der Waals surface area (Å²) in [7, 11) is 0. The standard InChI is InChI=1S/C15H19ClO3/c1-2-10-3-6-12(7-4-10)19-14-8-5-11(15(17)18)9-13(14)16/h5,8-10,12H,2-4,6-7H2,1H3,(H,17,18). The first-order chi connectivity index (χ1) is 9.10. The number of hydrogen-bond donors (Lipinski definition) is 1. The third-order valence-corrected chi connectivity index (χ3v) is 4.14. The van der Waals surface area contributed by atoms with Crippen molar-refractivity contribution in [2.24, 2.45) is 5.92 Å². The zero-order valence-electron chi connectivity index (χ0n) is 11.1. The van der Waals surface area contributed by atoms with Crippen molar-refractivity contribution in [3.63, 3.8) is 0 Å². The van der Waals surface area contributed by atoms with Crippen LogP contribution in [0.2, 0.25) is 5.02 Å². The number of hydrogen-bond acceptors (Lipinski definition) is 2. The molecular formula is C15H19ClO3. The Balaban J connectivity index is 1.98. The van der Waals surface area contributed by atoms with Gasteiger partial charge in [0.15, 0.2) is 0 Å². The van der Waals surface area contributed by atoms with E-state index in [4.69, 9.17) is 21.4 Å². The molecule has 0 atom stereocenters. The summed E-state index contributed by atoms with van der Waals surface area (Å²) in [5.74, 6) is 0.438. The van der Waals surface area contributed by atoms with Crippen LogP contribution in [0.1, 0.15) is 49.4 Å². The molecule has 3 nitrogen and oxygen atoms in total. The Morgan fingerprint density at radius 1 is 1.37 bits per heavy atom. The third-order valence-electron chi connectivity index (χ3n) is 3.84. The summed E-state index contributed by atoms with van der Waals surface area (Å²) in [6.45, 7) is 2.23. The summed E-state index contributed by atoms with van der Waals surface area (Å²) in [6, 6.07) is 4.62. The molecular weight excluding hydrogens is 264 g/mol. The zero-order valence-corrected chi connectivity index (χ0v) is 11.8. The summed E-state index contributed by atoms with van der Waals surface area (Å²) in [4.78, 5) is 10.8. The Labute approximate surface area is 118 Å². The molecule has 1 N–H and O–H groups in total. The molecule has 0 heterocycles. The second kappa shape index (κ2) is 6.29. The van der Waals surface area contributed by atoms with Crippen LogP contribution in [0, 0.1) is 5.92 Å². The molecule has 0 aliphatic heterocycles. The number of benzene rings is 1. The highest BCUT2D eigenvalue weighted by atomic mass is 35.5. The molecule has 1 aromatic rings. The maximum Gasteiger partial charge on any atom is 0.335 e. The first kappa shape index (κ1) is 14.2. The van der Waals surface area contributed by atoms with Crippen molar-refractivity contribution in [1.82, 2.24) is 0 Å². The van der Waals surface area contributed by atoms with Gasteiger partial charge < -0.3 is 9.84 Å². The predicted molar refractivity (Wildman–Crippen MR) is 75.1 cm³/mol. The van der Waals surface area contributed by atoms with Gasteiger partial charge >= 0.3 is 5.97 Å². The Morgan fingerprint density at radius 3 is 2.58 bits per heavy atom. The Hall–Kier alpha value is -1.22. The topological polar surface area (TPSA) is 46.5 Å². The Kier molecular flexibility index (Phi) is 4.70. The molecule has 1 aliphatic rings. The number of carboxylic acids is 1. The first-order valence-electron chi connectivity index (χ1n) is 6.79. The molecule has 0 saturated heterocycles. The van der Waals surface area contributed by atoms with E-state index in [1.807, 2.05) is 0 Å². The van der Waals surface area contributed by atoms with Crippen molar-refractivity contribution in [3.8, 4) is 5.75 Å². The summed E-state index contributed by atoms with van der Waals surface area (Å²) in [5.41, 5.74) is 0.187. The van der Waals surface area contributed by atoms with Crippen LogP contribution in [0.4, 0.5) is 0 Å². The fourth-order valence-corrected chi connectivity index (χ4v) is 2.79. The van der Waals surface area contributed by atoms with Crippen LogP contribution in [0.15, 0.2) is 18.2 Å². The number of carbonyl (C=O) groups is 1. The minimum absolute atomic E-state index is 0.187. The van der Waals surface area contributed by atoms with Crippen LogP contribution in [0.3, 0.4) is 0 Å². The van der Waals surface area contributed by atoms with E-state index < -0.39 is 5.97 Å². The van der Waals surface area contributed by atoms with Gasteiger partial charge in [-0.05, 0) is 49.8 Å². The van der Waals surface area contributed by atoms with E-state index in [9.17, 15) is 4.79 Å². The lowest BCUT2D eigenvalue weighted by Crippen LogP contribution is -2.24. The lowest BCUT2D eigenvalue weighted by atomic mass is 9.86. The molecule has 0 unspecified atom stereocenters. The van der Waals surface area contributed by atoms with Gasteiger partial charge in [-0.3, -0.25) is 0 Å². The van der Waals surface area contributed by atoms with Crippen molar-refractivity contribution in [1.29, 1.82) is 0 Å². The summed E-state index contributed by atoms with van der Waals surface area (Å²) in [6.07, 6.45) is 5.94. The second-order valence-electron chi connectivity index (χ2n) is 5.12. The highest BCUT2D eigenvalue weighted by Crippen LogP contribution is 2.32. The van der Waals surface area contributed by atoms with Crippen LogP contribution < -0.4 is 4.74 Å². The van der Waals surface area contributed by atoms with Gasteiger partial charge in [0.25, 0.3) is 0 Å². The Morgan fingerprint density at radius 2 is 2.05 bits per heavy atom. The largest absolute Gasteiger partial charge is 0.489 e. The van der Waals surface area contributed by atoms with E-state index in [1.165, 1.54) is 31.4 Å². The maximum absolute atomic E-state index is 10.8. The van der Waals surface area contributed by atoms with Crippen LogP contribution in [0.5, 0.6) is 5.75 Å². The molecule has 0 spiro atoms. The van der Waals surface area contributed by atoms with Crippen LogP contribution in [0.25, 0.3) is 0 Å². The highest BCUT2D eigenvalue weighted by Gasteiger charge is 2.22. The Bertz CT molecular complexity index is 451. The number of rotatable bonds is 4. The average molecular weight is 283 g/mol. The normalized spacial score (nSPS) is 23.1. The fourth-order valence-electron chi connectivity index (χ4n) is 2.57. The van der Waals surface area contributed by atoms with Gasteiger partial charge in [-0.25, -0.2) is 4.79 Å². The van der Waals surface area contributed by atoms with Crippen LogP contribution >= 0.6 is 11.6 Å². The summed E-state index contributed by atoms with van der Waals surface area (Å²) >= 11 is 6.06. The average Bonchev–Trinajstić information content (AvgIpc) is 2.41. The first-order valence-corrected chi connectivity index (χ1v) is 7.17. The van der Waals surface area contributed by atoms with E-state index in [1.54, 1.807) is 6.07 Å². The van der Waals surface area contributed by atoms with E-state index in [0.29, 0.717) is 10.8 Å². The monoisotopic (exact) mass is 282 g/mol. The van der Waals surface area contributed by atoms with Gasteiger partial charge in [0.05, 0.1) is 16.7 Å². The van der Waals surface area contributed by atoms with Crippen LogP contribution in [-0.2, 0) is 0 Å². The van der Waals surface area contributed by atoms with Crippen LogP contribution in [-0.4, -0.2) is 17.2 Å². The van der Waals surface area contributed by atoms with Gasteiger partial charge in [0.1, 0.15) is 5.75 Å².